The van der Waals surface area contributed by atoms with Gasteiger partial charge >= 0.3 is 0 Å². The summed E-state index contributed by atoms with van der Waals surface area (Å²) in [6.07, 6.45) is 1.81. The van der Waals surface area contributed by atoms with E-state index in [9.17, 15) is 0 Å². The van der Waals surface area contributed by atoms with Crippen LogP contribution in [0, 0.1) is 0 Å². The monoisotopic (exact) mass is 199 g/mol. The lowest BCUT2D eigenvalue weighted by Gasteiger charge is -2.20. The fraction of sp³-hybridized carbons (Fsp3) is 0.667. The molecule has 0 amide bonds. The minimum atomic E-state index is 0.199. The summed E-state index contributed by atoms with van der Waals surface area (Å²) in [6.45, 7) is 8.37. The van der Waals surface area contributed by atoms with E-state index in [1.165, 1.54) is 0 Å². The first kappa shape index (κ1) is 10.5. The number of thiazole rings is 1. The minimum Gasteiger partial charge on any atom is -0.360 e. The van der Waals surface area contributed by atoms with Gasteiger partial charge in [-0.2, -0.15) is 0 Å². The van der Waals surface area contributed by atoms with Crippen LogP contribution in [0.5, 0.6) is 0 Å². The molecule has 13 heavy (non-hydrogen) atoms. The van der Waals surface area contributed by atoms with Crippen molar-refractivity contribution >= 4 is 16.5 Å². The first-order chi connectivity index (χ1) is 6.08. The van der Waals surface area contributed by atoms with E-state index >= 15 is 0 Å². The van der Waals surface area contributed by atoms with Crippen LogP contribution < -0.4 is 10.6 Å². The molecule has 1 aromatic rings. The van der Waals surface area contributed by atoms with Gasteiger partial charge in [0, 0.05) is 30.2 Å². The van der Waals surface area contributed by atoms with Gasteiger partial charge in [-0.3, -0.25) is 0 Å². The maximum atomic E-state index is 4.13. The fourth-order valence-corrected chi connectivity index (χ4v) is 1.48. The zero-order valence-electron chi connectivity index (χ0n) is 8.42. The number of hydrogen-bond acceptors (Lipinski definition) is 4. The third-order valence-electron chi connectivity index (χ3n) is 1.49. The summed E-state index contributed by atoms with van der Waals surface area (Å²) in [4.78, 5) is 4.13. The smallest absolute Gasteiger partial charge is 0.182 e. The Morgan fingerprint density at radius 2 is 2.15 bits per heavy atom. The van der Waals surface area contributed by atoms with E-state index in [2.05, 4.69) is 36.4 Å². The highest BCUT2D eigenvalue weighted by molar-refractivity contribution is 7.13. The van der Waals surface area contributed by atoms with Gasteiger partial charge in [0.2, 0.25) is 0 Å². The van der Waals surface area contributed by atoms with E-state index in [1.807, 2.05) is 11.6 Å². The molecule has 1 rings (SSSR count). The molecule has 0 spiro atoms. The molecule has 0 atom stereocenters. The van der Waals surface area contributed by atoms with Crippen molar-refractivity contribution in [2.45, 2.75) is 26.3 Å². The van der Waals surface area contributed by atoms with Crippen LogP contribution in [0.2, 0.25) is 0 Å². The topological polar surface area (TPSA) is 37.0 Å². The molecule has 0 aliphatic carbocycles. The van der Waals surface area contributed by atoms with Crippen molar-refractivity contribution in [1.29, 1.82) is 0 Å². The SMILES string of the molecule is CC(C)(C)NCCNc1nccs1. The normalized spacial score (nSPS) is 11.6. The molecule has 0 unspecified atom stereocenters. The molecule has 0 aromatic carbocycles. The Labute approximate surface area is 83.6 Å². The van der Waals surface area contributed by atoms with Crippen LogP contribution in [0.15, 0.2) is 11.6 Å². The summed E-state index contributed by atoms with van der Waals surface area (Å²) >= 11 is 1.63. The Hall–Kier alpha value is -0.610. The Kier molecular flexibility index (Phi) is 3.69. The molecule has 0 fully saturated rings. The van der Waals surface area contributed by atoms with E-state index in [4.69, 9.17) is 0 Å². The van der Waals surface area contributed by atoms with E-state index in [-0.39, 0.29) is 5.54 Å². The van der Waals surface area contributed by atoms with Crippen molar-refractivity contribution < 1.29 is 0 Å². The molecule has 3 nitrogen and oxygen atoms in total. The number of anilines is 1. The molecular formula is C9H17N3S. The maximum Gasteiger partial charge on any atom is 0.182 e. The number of rotatable bonds is 4. The van der Waals surface area contributed by atoms with Crippen molar-refractivity contribution in [1.82, 2.24) is 10.3 Å². The number of hydrogen-bond donors (Lipinski definition) is 2. The van der Waals surface area contributed by atoms with Crippen molar-refractivity contribution in [2.75, 3.05) is 18.4 Å². The molecule has 4 heteroatoms. The van der Waals surface area contributed by atoms with Gasteiger partial charge in [-0.05, 0) is 20.8 Å². The van der Waals surface area contributed by atoms with Crippen molar-refractivity contribution in [3.05, 3.63) is 11.6 Å². The highest BCUT2D eigenvalue weighted by atomic mass is 32.1. The number of aromatic nitrogens is 1. The van der Waals surface area contributed by atoms with Gasteiger partial charge in [-0.15, -0.1) is 11.3 Å². The summed E-state index contributed by atoms with van der Waals surface area (Å²) in [5.41, 5.74) is 0.199. The molecule has 74 valence electrons. The first-order valence-corrected chi connectivity index (χ1v) is 5.34. The minimum absolute atomic E-state index is 0.199. The quantitative estimate of drug-likeness (QED) is 0.728. The van der Waals surface area contributed by atoms with Gasteiger partial charge in [0.1, 0.15) is 0 Å². The molecule has 0 aliphatic rings. The Morgan fingerprint density at radius 3 is 2.69 bits per heavy atom. The summed E-state index contributed by atoms with van der Waals surface area (Å²) in [5.74, 6) is 0. The zero-order chi connectivity index (χ0) is 9.73. The van der Waals surface area contributed by atoms with Crippen LogP contribution in [0.4, 0.5) is 5.13 Å². The number of nitrogens with one attached hydrogen (secondary N) is 2. The van der Waals surface area contributed by atoms with Crippen molar-refractivity contribution in [2.24, 2.45) is 0 Å². The maximum absolute atomic E-state index is 4.13. The molecule has 0 saturated carbocycles. The second kappa shape index (κ2) is 4.58. The van der Waals surface area contributed by atoms with Gasteiger partial charge in [0.25, 0.3) is 0 Å². The van der Waals surface area contributed by atoms with Gasteiger partial charge in [-0.25, -0.2) is 4.98 Å². The molecule has 2 N–H and O–H groups in total. The molecule has 0 aliphatic heterocycles. The number of nitrogens with zero attached hydrogens (tertiary/aromatic N) is 1. The molecule has 0 saturated heterocycles. The molecule has 1 heterocycles. The Balaban J connectivity index is 2.09. The van der Waals surface area contributed by atoms with Crippen LogP contribution in [-0.4, -0.2) is 23.6 Å². The predicted molar refractivity (Wildman–Crippen MR) is 58.4 cm³/mol. The Morgan fingerprint density at radius 1 is 1.38 bits per heavy atom. The van der Waals surface area contributed by atoms with E-state index in [0.29, 0.717) is 0 Å². The molecule has 1 aromatic heterocycles. The average Bonchev–Trinajstić information content (AvgIpc) is 2.48. The summed E-state index contributed by atoms with van der Waals surface area (Å²) in [7, 11) is 0. The lowest BCUT2D eigenvalue weighted by molar-refractivity contribution is 0.435. The first-order valence-electron chi connectivity index (χ1n) is 4.46. The largest absolute Gasteiger partial charge is 0.360 e. The second-order valence-electron chi connectivity index (χ2n) is 3.94. The van der Waals surface area contributed by atoms with Crippen LogP contribution in [-0.2, 0) is 0 Å². The molecule has 0 bridgehead atoms. The fourth-order valence-electron chi connectivity index (χ4n) is 0.918. The van der Waals surface area contributed by atoms with Crippen LogP contribution in [0.3, 0.4) is 0 Å². The van der Waals surface area contributed by atoms with E-state index < -0.39 is 0 Å². The highest BCUT2D eigenvalue weighted by Gasteiger charge is 2.06. The van der Waals surface area contributed by atoms with Crippen LogP contribution >= 0.6 is 11.3 Å². The lowest BCUT2D eigenvalue weighted by Crippen LogP contribution is -2.38. The van der Waals surface area contributed by atoms with Crippen LogP contribution in [0.1, 0.15) is 20.8 Å². The average molecular weight is 199 g/mol. The zero-order valence-corrected chi connectivity index (χ0v) is 9.24. The van der Waals surface area contributed by atoms with Gasteiger partial charge in [-0.1, -0.05) is 0 Å². The summed E-state index contributed by atoms with van der Waals surface area (Å²) in [6, 6.07) is 0. The third-order valence-corrected chi connectivity index (χ3v) is 2.22. The van der Waals surface area contributed by atoms with Crippen LogP contribution in [0.25, 0.3) is 0 Å². The Bertz CT molecular complexity index is 226. The van der Waals surface area contributed by atoms with Crippen molar-refractivity contribution in [3.8, 4) is 0 Å². The van der Waals surface area contributed by atoms with Gasteiger partial charge in [0.05, 0.1) is 0 Å². The van der Waals surface area contributed by atoms with E-state index in [1.54, 1.807) is 11.3 Å². The molecular weight excluding hydrogens is 182 g/mol. The predicted octanol–water partition coefficient (Wildman–Crippen LogP) is 1.94. The third kappa shape index (κ3) is 4.85. The highest BCUT2D eigenvalue weighted by Crippen LogP contribution is 2.09. The molecule has 0 radical (unpaired) electrons. The second-order valence-corrected chi connectivity index (χ2v) is 4.84. The van der Waals surface area contributed by atoms with Gasteiger partial charge in [0.15, 0.2) is 5.13 Å². The standard InChI is InChI=1S/C9H17N3S/c1-9(2,3)12-5-4-10-8-11-6-7-13-8/h6-7,12H,4-5H2,1-3H3,(H,10,11). The van der Waals surface area contributed by atoms with Gasteiger partial charge < -0.3 is 10.6 Å². The summed E-state index contributed by atoms with van der Waals surface area (Å²) < 4.78 is 0. The van der Waals surface area contributed by atoms with Crippen molar-refractivity contribution in [3.63, 3.8) is 0 Å². The van der Waals surface area contributed by atoms with E-state index in [0.717, 1.165) is 18.2 Å². The lowest BCUT2D eigenvalue weighted by atomic mass is 10.1. The summed E-state index contributed by atoms with van der Waals surface area (Å²) in [5, 5.41) is 9.61.